The quantitative estimate of drug-likeness (QED) is 0.187. The highest BCUT2D eigenvalue weighted by Crippen LogP contribution is 2.39. The van der Waals surface area contributed by atoms with E-state index in [-0.39, 0.29) is 5.82 Å². The summed E-state index contributed by atoms with van der Waals surface area (Å²) in [6.45, 7) is 7.76. The lowest BCUT2D eigenvalue weighted by molar-refractivity contribution is 0.631. The predicted octanol–water partition coefficient (Wildman–Crippen LogP) is 10.3. The van der Waals surface area contributed by atoms with Gasteiger partial charge in [-0.15, -0.1) is 0 Å². The summed E-state index contributed by atoms with van der Waals surface area (Å²) in [5, 5.41) is 2.16. The number of fused-ring (bicyclic) bond motifs is 3. The summed E-state index contributed by atoms with van der Waals surface area (Å²) < 4.78 is 18.1. The molecule has 6 heteroatoms. The third-order valence-electron chi connectivity index (χ3n) is 8.15. The van der Waals surface area contributed by atoms with E-state index in [2.05, 4.69) is 33.7 Å². The van der Waals surface area contributed by atoms with E-state index >= 15 is 4.39 Å². The van der Waals surface area contributed by atoms with E-state index in [1.54, 1.807) is 18.2 Å². The summed E-state index contributed by atoms with van der Waals surface area (Å²) in [5.74, 6) is 1.11. The first kappa shape index (κ1) is 27.1. The third kappa shape index (κ3) is 4.68. The smallest absolute Gasteiger partial charge is 0.189 e. The first-order valence-electron chi connectivity index (χ1n) is 14.9. The Morgan fingerprint density at radius 1 is 0.500 bits per heavy atom. The maximum Gasteiger partial charge on any atom is 0.189 e. The first-order valence-corrected chi connectivity index (χ1v) is 14.9. The molecule has 0 atom stereocenters. The van der Waals surface area contributed by atoms with Crippen LogP contribution in [0, 0.1) is 12.4 Å². The Kier molecular flexibility index (Phi) is 6.63. The number of hydrogen-bond acceptors (Lipinski definition) is 3. The molecular weight excluding hydrogens is 569 g/mol. The van der Waals surface area contributed by atoms with Crippen LogP contribution in [0.2, 0.25) is 0 Å². The molecule has 0 fully saturated rings. The molecule has 2 aromatic heterocycles. The van der Waals surface area contributed by atoms with Crippen molar-refractivity contribution in [2.24, 2.45) is 0 Å². The Labute approximate surface area is 264 Å². The van der Waals surface area contributed by atoms with Gasteiger partial charge in [0.2, 0.25) is 0 Å². The lowest BCUT2D eigenvalue weighted by Crippen LogP contribution is -2.01. The Bertz CT molecular complexity index is 2330. The fourth-order valence-corrected chi connectivity index (χ4v) is 5.99. The zero-order chi connectivity index (χ0) is 31.0. The summed E-state index contributed by atoms with van der Waals surface area (Å²) >= 11 is 0. The van der Waals surface area contributed by atoms with Gasteiger partial charge in [-0.05, 0) is 36.4 Å². The topological polar surface area (TPSA) is 48.0 Å². The van der Waals surface area contributed by atoms with Gasteiger partial charge in [-0.2, -0.15) is 0 Å². The standard InChI is InChI=1S/C40H24FN5/c1-42-29-21-22-32(37(25-29)46-35-18-10-8-16-30(35)31-17-9-11-19-36(31)46)33-24-28(20-23-34(33)41)40-44-38(26-12-4-2-5-13-26)43-39(45-40)27-14-6-3-7-15-27/h2-25H. The van der Waals surface area contributed by atoms with Crippen molar-refractivity contribution in [3.63, 3.8) is 0 Å². The lowest BCUT2D eigenvalue weighted by atomic mass is 9.99. The fraction of sp³-hybridized carbons (Fsp3) is 0. The van der Waals surface area contributed by atoms with Gasteiger partial charge in [0.05, 0.1) is 17.6 Å². The molecule has 0 bridgehead atoms. The molecule has 0 saturated carbocycles. The van der Waals surface area contributed by atoms with E-state index in [4.69, 9.17) is 21.5 Å². The van der Waals surface area contributed by atoms with Crippen LogP contribution in [-0.4, -0.2) is 19.5 Å². The van der Waals surface area contributed by atoms with E-state index in [1.165, 1.54) is 6.07 Å². The van der Waals surface area contributed by atoms with E-state index in [9.17, 15) is 0 Å². The molecule has 0 amide bonds. The molecule has 0 aliphatic rings. The molecule has 0 unspecified atom stereocenters. The van der Waals surface area contributed by atoms with Gasteiger partial charge >= 0.3 is 0 Å². The van der Waals surface area contributed by atoms with E-state index in [0.717, 1.165) is 32.9 Å². The van der Waals surface area contributed by atoms with Crippen LogP contribution in [0.25, 0.3) is 77.6 Å². The average molecular weight is 594 g/mol. The molecule has 5 nitrogen and oxygen atoms in total. The van der Waals surface area contributed by atoms with Crippen LogP contribution in [0.1, 0.15) is 0 Å². The van der Waals surface area contributed by atoms with Crippen molar-refractivity contribution in [3.05, 3.63) is 163 Å². The molecule has 216 valence electrons. The molecule has 0 N–H and O–H groups in total. The molecule has 0 radical (unpaired) electrons. The highest BCUT2D eigenvalue weighted by Gasteiger charge is 2.19. The highest BCUT2D eigenvalue weighted by molar-refractivity contribution is 6.09. The van der Waals surface area contributed by atoms with E-state index in [1.807, 2.05) is 97.1 Å². The van der Waals surface area contributed by atoms with Crippen LogP contribution in [0.3, 0.4) is 0 Å². The largest absolute Gasteiger partial charge is 0.310 e. The Hall–Kier alpha value is -6.45. The molecule has 8 aromatic rings. The Balaban J connectivity index is 1.36. The number of para-hydroxylation sites is 2. The lowest BCUT2D eigenvalue weighted by Gasteiger charge is -2.16. The third-order valence-corrected chi connectivity index (χ3v) is 8.15. The van der Waals surface area contributed by atoms with Crippen molar-refractivity contribution in [2.45, 2.75) is 0 Å². The molecule has 0 saturated heterocycles. The maximum atomic E-state index is 16.0. The second-order valence-electron chi connectivity index (χ2n) is 10.9. The molecule has 0 aliphatic heterocycles. The number of benzene rings is 6. The predicted molar refractivity (Wildman–Crippen MR) is 182 cm³/mol. The molecule has 0 aliphatic carbocycles. The maximum absolute atomic E-state index is 16.0. The Morgan fingerprint density at radius 2 is 1.02 bits per heavy atom. The second-order valence-corrected chi connectivity index (χ2v) is 10.9. The van der Waals surface area contributed by atoms with Crippen LogP contribution in [0.5, 0.6) is 0 Å². The minimum Gasteiger partial charge on any atom is -0.310 e. The minimum absolute atomic E-state index is 0.383. The monoisotopic (exact) mass is 593 g/mol. The number of aromatic nitrogens is 4. The zero-order valence-corrected chi connectivity index (χ0v) is 24.5. The normalized spacial score (nSPS) is 11.1. The van der Waals surface area contributed by atoms with Gasteiger partial charge in [0.25, 0.3) is 0 Å². The molecule has 2 heterocycles. The first-order chi connectivity index (χ1) is 22.7. The molecular formula is C40H24FN5. The van der Waals surface area contributed by atoms with Crippen LogP contribution in [0.4, 0.5) is 10.1 Å². The zero-order valence-electron chi connectivity index (χ0n) is 24.5. The molecule has 46 heavy (non-hydrogen) atoms. The highest BCUT2D eigenvalue weighted by atomic mass is 19.1. The summed E-state index contributed by atoms with van der Waals surface area (Å²) in [6.07, 6.45) is 0. The van der Waals surface area contributed by atoms with E-state index in [0.29, 0.717) is 45.5 Å². The molecule has 6 aromatic carbocycles. The summed E-state index contributed by atoms with van der Waals surface area (Å²) in [4.78, 5) is 18.2. The van der Waals surface area contributed by atoms with Gasteiger partial charge in [0.1, 0.15) is 5.82 Å². The molecule has 0 spiro atoms. The van der Waals surface area contributed by atoms with Crippen molar-refractivity contribution in [2.75, 3.05) is 0 Å². The van der Waals surface area contributed by atoms with Crippen molar-refractivity contribution >= 4 is 27.5 Å². The van der Waals surface area contributed by atoms with Crippen molar-refractivity contribution < 1.29 is 4.39 Å². The summed E-state index contributed by atoms with van der Waals surface area (Å²) in [5.41, 5.74) is 6.52. The number of hydrogen-bond donors (Lipinski definition) is 0. The average Bonchev–Trinajstić information content (AvgIpc) is 3.46. The van der Waals surface area contributed by atoms with Crippen molar-refractivity contribution in [3.8, 4) is 51.0 Å². The fourth-order valence-electron chi connectivity index (χ4n) is 5.99. The number of halogens is 1. The van der Waals surface area contributed by atoms with Crippen LogP contribution < -0.4 is 0 Å². The van der Waals surface area contributed by atoms with Crippen molar-refractivity contribution in [1.29, 1.82) is 0 Å². The summed E-state index contributed by atoms with van der Waals surface area (Å²) in [7, 11) is 0. The number of rotatable bonds is 5. The van der Waals surface area contributed by atoms with Crippen LogP contribution >= 0.6 is 0 Å². The van der Waals surface area contributed by atoms with Gasteiger partial charge in [0, 0.05) is 44.3 Å². The van der Waals surface area contributed by atoms with Crippen molar-refractivity contribution in [1.82, 2.24) is 19.5 Å². The SMILES string of the molecule is [C-]#[N+]c1ccc(-c2cc(-c3nc(-c4ccccc4)nc(-c4ccccc4)n3)ccc2F)c(-n2c3ccccc3c3ccccc32)c1. The van der Waals surface area contributed by atoms with Crippen LogP contribution in [0.15, 0.2) is 146 Å². The van der Waals surface area contributed by atoms with Gasteiger partial charge in [-0.1, -0.05) is 109 Å². The number of nitrogens with zero attached hydrogens (tertiary/aromatic N) is 5. The van der Waals surface area contributed by atoms with E-state index < -0.39 is 0 Å². The van der Waals surface area contributed by atoms with Crippen LogP contribution in [-0.2, 0) is 0 Å². The van der Waals surface area contributed by atoms with Gasteiger partial charge in [-0.25, -0.2) is 24.2 Å². The van der Waals surface area contributed by atoms with Gasteiger partial charge < -0.3 is 4.57 Å². The second kappa shape index (κ2) is 11.2. The van der Waals surface area contributed by atoms with Gasteiger partial charge in [-0.3, -0.25) is 0 Å². The Morgan fingerprint density at radius 3 is 1.59 bits per heavy atom. The minimum atomic E-state index is -0.387. The molecule has 8 rings (SSSR count). The van der Waals surface area contributed by atoms with Gasteiger partial charge in [0.15, 0.2) is 23.2 Å². The summed E-state index contributed by atoms with van der Waals surface area (Å²) in [6, 6.07) is 46.1.